The number of thioether (sulfide) groups is 1. The molecule has 3 fully saturated rings. The van der Waals surface area contributed by atoms with Crippen LogP contribution in [0.3, 0.4) is 0 Å². The number of fused-ring (bicyclic) bond motifs is 1. The Balaban J connectivity index is 1.34. The van der Waals surface area contributed by atoms with E-state index in [0.29, 0.717) is 24.1 Å². The summed E-state index contributed by atoms with van der Waals surface area (Å²) < 4.78 is 4.03. The Hall–Kier alpha value is -3.50. The number of nitrogens with one attached hydrogen (secondary N) is 2. The van der Waals surface area contributed by atoms with Gasteiger partial charge in [0.1, 0.15) is 22.7 Å². The molecular formula is C24H30N8O6S2. The largest absolute Gasteiger partial charge is 0.477 e. The molecule has 5 N–H and O–H groups in total. The molecule has 5 rings (SSSR count). The van der Waals surface area contributed by atoms with Gasteiger partial charge in [-0.25, -0.2) is 4.79 Å². The summed E-state index contributed by atoms with van der Waals surface area (Å²) in [6, 6.07) is -0.869. The fraction of sp³-hybridized carbons (Fsp3) is 0.542. The van der Waals surface area contributed by atoms with Crippen LogP contribution in [0.5, 0.6) is 0 Å². The van der Waals surface area contributed by atoms with Gasteiger partial charge < -0.3 is 31.2 Å². The van der Waals surface area contributed by atoms with Gasteiger partial charge in [-0.05, 0) is 51.8 Å². The van der Waals surface area contributed by atoms with Gasteiger partial charge in [0.25, 0.3) is 11.8 Å². The lowest BCUT2D eigenvalue weighted by molar-refractivity contribution is -0.150. The van der Waals surface area contributed by atoms with Crippen molar-refractivity contribution in [1.82, 2.24) is 29.8 Å². The summed E-state index contributed by atoms with van der Waals surface area (Å²) in [5.41, 5.74) is 5.45. The molecule has 0 aliphatic carbocycles. The summed E-state index contributed by atoms with van der Waals surface area (Å²) in [6.07, 6.45) is 3.01. The van der Waals surface area contributed by atoms with E-state index in [1.54, 1.807) is 26.8 Å². The van der Waals surface area contributed by atoms with Crippen LogP contribution in [0.15, 0.2) is 28.1 Å². The van der Waals surface area contributed by atoms with Gasteiger partial charge in [0.2, 0.25) is 17.4 Å². The summed E-state index contributed by atoms with van der Waals surface area (Å²) in [6.45, 7) is 7.43. The number of β-lactam (4-membered cyclic amide) rings is 1. The normalized spacial score (nSPS) is 26.3. The number of nitrogen functional groups attached to an aromatic ring is 1. The van der Waals surface area contributed by atoms with Gasteiger partial charge in [0, 0.05) is 42.0 Å². The number of aromatic nitrogens is 2. The number of rotatable bonds is 7. The molecule has 5 heterocycles. The topological polar surface area (TPSA) is 192 Å². The maximum Gasteiger partial charge on any atom is 0.352 e. The van der Waals surface area contributed by atoms with Gasteiger partial charge in [0.15, 0.2) is 5.13 Å². The highest BCUT2D eigenvalue weighted by Crippen LogP contribution is 2.41. The van der Waals surface area contributed by atoms with E-state index in [1.165, 1.54) is 11.8 Å². The van der Waals surface area contributed by atoms with Crippen molar-refractivity contribution in [3.05, 3.63) is 28.7 Å². The predicted molar refractivity (Wildman–Crippen MR) is 147 cm³/mol. The summed E-state index contributed by atoms with van der Waals surface area (Å²) in [7, 11) is 0. The van der Waals surface area contributed by atoms with Gasteiger partial charge in [-0.1, -0.05) is 5.16 Å². The van der Waals surface area contributed by atoms with E-state index < -0.39 is 34.8 Å². The molecule has 0 bridgehead atoms. The number of anilines is 1. The Morgan fingerprint density at radius 3 is 2.73 bits per heavy atom. The SMILES string of the molecule is CC(C)(C)O/N=C(\C(=O)N[C@@H]1C(=O)N2C(C(=O)O)=C(/C=C3\CCN([C@H]4CCNC4)C3=O)CS[C@H]12)c1nsc(N)n1. The van der Waals surface area contributed by atoms with E-state index in [2.05, 4.69) is 25.1 Å². The molecule has 40 heavy (non-hydrogen) atoms. The van der Waals surface area contributed by atoms with E-state index in [0.717, 1.165) is 35.9 Å². The average molecular weight is 591 g/mol. The maximum absolute atomic E-state index is 13.2. The smallest absolute Gasteiger partial charge is 0.352 e. The summed E-state index contributed by atoms with van der Waals surface area (Å²) in [5, 5.41) is 19.3. The second-order valence-corrected chi connectivity index (χ2v) is 12.6. The van der Waals surface area contributed by atoms with Crippen molar-refractivity contribution in [2.75, 3.05) is 31.1 Å². The lowest BCUT2D eigenvalue weighted by atomic mass is 10.0. The number of nitrogens with zero attached hydrogens (tertiary/aromatic N) is 5. The van der Waals surface area contributed by atoms with Crippen LogP contribution < -0.4 is 16.4 Å². The lowest BCUT2D eigenvalue weighted by Gasteiger charge is -2.49. The van der Waals surface area contributed by atoms with Crippen molar-refractivity contribution >= 4 is 57.8 Å². The quantitative estimate of drug-likeness (QED) is 0.143. The number of hydrogen-bond donors (Lipinski definition) is 4. The zero-order valence-electron chi connectivity index (χ0n) is 22.2. The molecular weight excluding hydrogens is 560 g/mol. The Morgan fingerprint density at radius 1 is 1.32 bits per heavy atom. The van der Waals surface area contributed by atoms with Crippen molar-refractivity contribution in [3.63, 3.8) is 0 Å². The molecule has 1 aromatic rings. The summed E-state index contributed by atoms with van der Waals surface area (Å²) in [5.74, 6) is -2.51. The molecule has 14 nitrogen and oxygen atoms in total. The predicted octanol–water partition coefficient (Wildman–Crippen LogP) is -0.101. The highest BCUT2D eigenvalue weighted by molar-refractivity contribution is 8.00. The number of nitrogens with two attached hydrogens (primary N) is 1. The van der Waals surface area contributed by atoms with Gasteiger partial charge >= 0.3 is 5.97 Å². The van der Waals surface area contributed by atoms with Crippen LogP contribution in [0.1, 0.15) is 39.4 Å². The van der Waals surface area contributed by atoms with Crippen LogP contribution >= 0.6 is 23.3 Å². The number of amides is 3. The van der Waals surface area contributed by atoms with Crippen molar-refractivity contribution in [2.24, 2.45) is 5.16 Å². The van der Waals surface area contributed by atoms with E-state index in [-0.39, 0.29) is 40.1 Å². The number of carbonyl (C=O) groups is 4. The van der Waals surface area contributed by atoms with Gasteiger partial charge in [-0.3, -0.25) is 19.3 Å². The molecule has 4 aliphatic heterocycles. The Morgan fingerprint density at radius 2 is 2.10 bits per heavy atom. The first kappa shape index (κ1) is 28.0. The molecule has 0 saturated carbocycles. The van der Waals surface area contributed by atoms with Gasteiger partial charge in [-0.15, -0.1) is 11.8 Å². The molecule has 3 atom stereocenters. The van der Waals surface area contributed by atoms with E-state index in [4.69, 9.17) is 10.6 Å². The van der Waals surface area contributed by atoms with Crippen molar-refractivity contribution in [3.8, 4) is 0 Å². The Bertz CT molecular complexity index is 1340. The number of carboxylic acid groups (broad SMARTS) is 1. The first-order chi connectivity index (χ1) is 18.9. The minimum Gasteiger partial charge on any atom is -0.477 e. The number of allylic oxidation sites excluding steroid dienone is 1. The summed E-state index contributed by atoms with van der Waals surface area (Å²) >= 11 is 2.18. The number of carboxylic acids is 1. The van der Waals surface area contributed by atoms with Crippen molar-refractivity contribution < 1.29 is 29.1 Å². The molecule has 4 aliphatic rings. The van der Waals surface area contributed by atoms with Gasteiger partial charge in [-0.2, -0.15) is 9.36 Å². The van der Waals surface area contributed by atoms with Crippen LogP contribution in [0, 0.1) is 0 Å². The summed E-state index contributed by atoms with van der Waals surface area (Å²) in [4.78, 5) is 64.1. The average Bonchev–Trinajstić information content (AvgIpc) is 3.64. The van der Waals surface area contributed by atoms with Crippen LogP contribution in [-0.4, -0.2) is 102 Å². The molecule has 214 valence electrons. The highest BCUT2D eigenvalue weighted by Gasteiger charge is 2.54. The molecule has 16 heteroatoms. The standard InChI is InChI=1S/C24H30N8O6S2/c1-24(2,3)38-29-14(17-28-23(25)40-30-17)18(33)27-15-20(35)32-16(22(36)37)12(10-39-21(15)32)8-11-5-7-31(19(11)34)13-4-6-26-9-13/h8,13,15,21,26H,4-7,9-10H2,1-3H3,(H,27,33)(H,36,37)(H2,25,28,30)/b11-8+,29-14-/t13-,15+,21+/m0/s1. The molecule has 0 unspecified atom stereocenters. The zero-order valence-corrected chi connectivity index (χ0v) is 23.8. The number of likely N-dealkylation sites (tertiary alicyclic amines) is 1. The minimum atomic E-state index is -1.28. The van der Waals surface area contributed by atoms with E-state index in [9.17, 15) is 24.3 Å². The van der Waals surface area contributed by atoms with Crippen LogP contribution in [0.2, 0.25) is 0 Å². The van der Waals surface area contributed by atoms with E-state index >= 15 is 0 Å². The number of oxime groups is 1. The third-order valence-corrected chi connectivity index (χ3v) is 8.59. The lowest BCUT2D eigenvalue weighted by Crippen LogP contribution is -2.71. The second-order valence-electron chi connectivity index (χ2n) is 10.7. The third kappa shape index (κ3) is 5.42. The third-order valence-electron chi connectivity index (χ3n) is 6.75. The monoisotopic (exact) mass is 590 g/mol. The van der Waals surface area contributed by atoms with Gasteiger partial charge in [0.05, 0.1) is 0 Å². The van der Waals surface area contributed by atoms with Crippen LogP contribution in [-0.2, 0) is 24.0 Å². The fourth-order valence-corrected chi connectivity index (χ4v) is 6.63. The minimum absolute atomic E-state index is 0.0483. The van der Waals surface area contributed by atoms with Crippen molar-refractivity contribution in [1.29, 1.82) is 0 Å². The molecule has 0 radical (unpaired) electrons. The fourth-order valence-electron chi connectivity index (χ4n) is 4.89. The first-order valence-corrected chi connectivity index (χ1v) is 14.6. The zero-order chi connectivity index (χ0) is 28.8. The van der Waals surface area contributed by atoms with Crippen LogP contribution in [0.25, 0.3) is 0 Å². The molecule has 0 aromatic carbocycles. The van der Waals surface area contributed by atoms with Crippen LogP contribution in [0.4, 0.5) is 5.13 Å². The number of carbonyl (C=O) groups excluding carboxylic acids is 3. The molecule has 3 saturated heterocycles. The molecule has 1 aromatic heterocycles. The Labute approximate surface area is 238 Å². The molecule has 3 amide bonds. The van der Waals surface area contributed by atoms with Crippen molar-refractivity contribution in [2.45, 2.75) is 56.7 Å². The van der Waals surface area contributed by atoms with E-state index in [1.807, 2.05) is 4.90 Å². The molecule has 0 spiro atoms. The highest BCUT2D eigenvalue weighted by atomic mass is 32.2. The Kier molecular flexibility index (Phi) is 7.58. The maximum atomic E-state index is 13.2. The number of aliphatic carboxylic acids is 1. The second kappa shape index (κ2) is 10.8. The first-order valence-electron chi connectivity index (χ1n) is 12.7. The number of hydrogen-bond acceptors (Lipinski definition) is 12.